The Balaban J connectivity index is 2.15. The Morgan fingerprint density at radius 2 is 2.33 bits per heavy atom. The molecule has 1 atom stereocenters. The minimum atomic E-state index is -3.69. The molecule has 1 aromatic heterocycles. The van der Waals surface area contributed by atoms with Crippen molar-refractivity contribution in [1.82, 2.24) is 15.0 Å². The molecule has 1 aromatic rings. The molecule has 21 heavy (non-hydrogen) atoms. The molecule has 0 spiro atoms. The van der Waals surface area contributed by atoms with Crippen LogP contribution in [-0.2, 0) is 14.8 Å². The zero-order chi connectivity index (χ0) is 15.5. The fraction of sp³-hybridized carbons (Fsp3) is 0.615. The van der Waals surface area contributed by atoms with E-state index in [1.165, 1.54) is 6.07 Å². The maximum absolute atomic E-state index is 12.4. The molecule has 118 valence electrons. The number of methoxy groups -OCH3 is 1. The quantitative estimate of drug-likeness (QED) is 0.683. The topological polar surface area (TPSA) is 106 Å². The van der Waals surface area contributed by atoms with Crippen molar-refractivity contribution in [3.05, 3.63) is 17.8 Å². The number of sulfonamides is 1. The van der Waals surface area contributed by atoms with Crippen molar-refractivity contribution in [3.8, 4) is 0 Å². The monoisotopic (exact) mass is 314 g/mol. The summed E-state index contributed by atoms with van der Waals surface area (Å²) < 4.78 is 32.6. The fourth-order valence-corrected chi connectivity index (χ4v) is 3.84. The fourth-order valence-electron chi connectivity index (χ4n) is 2.55. The Bertz CT molecular complexity index is 597. The van der Waals surface area contributed by atoms with Gasteiger partial charge in [-0.3, -0.25) is 0 Å². The third-order valence-electron chi connectivity index (χ3n) is 3.66. The van der Waals surface area contributed by atoms with E-state index in [1.807, 2.05) is 0 Å². The van der Waals surface area contributed by atoms with Crippen LogP contribution in [0.4, 0.5) is 5.82 Å². The number of aromatic nitrogens is 1. The highest BCUT2D eigenvalue weighted by molar-refractivity contribution is 7.89. The van der Waals surface area contributed by atoms with Crippen molar-refractivity contribution in [2.24, 2.45) is 0 Å². The Kier molecular flexibility index (Phi) is 4.82. The number of nitrogens with one attached hydrogen (secondary N) is 2. The molecule has 0 amide bonds. The number of nitrogen functional groups attached to an aromatic ring is 1. The van der Waals surface area contributed by atoms with E-state index in [4.69, 9.17) is 10.5 Å². The van der Waals surface area contributed by atoms with E-state index in [0.717, 1.165) is 24.9 Å². The first-order chi connectivity index (χ1) is 9.88. The summed E-state index contributed by atoms with van der Waals surface area (Å²) in [6.07, 6.45) is 3.41. The molecule has 7 nitrogen and oxygen atoms in total. The summed E-state index contributed by atoms with van der Waals surface area (Å²) >= 11 is 0. The zero-order valence-corrected chi connectivity index (χ0v) is 13.2. The van der Waals surface area contributed by atoms with Crippen molar-refractivity contribution in [3.63, 3.8) is 0 Å². The minimum Gasteiger partial charge on any atom is -0.383 e. The average Bonchev–Trinajstić information content (AvgIpc) is 2.89. The van der Waals surface area contributed by atoms with E-state index < -0.39 is 10.0 Å². The van der Waals surface area contributed by atoms with E-state index in [0.29, 0.717) is 6.61 Å². The Morgan fingerprint density at radius 3 is 2.95 bits per heavy atom. The molecule has 1 aliphatic heterocycles. The smallest absolute Gasteiger partial charge is 0.244 e. The summed E-state index contributed by atoms with van der Waals surface area (Å²) in [6.45, 7) is 3.35. The maximum Gasteiger partial charge on any atom is 0.244 e. The second-order valence-electron chi connectivity index (χ2n) is 5.46. The van der Waals surface area contributed by atoms with Crippen LogP contribution in [0.1, 0.15) is 18.4 Å². The van der Waals surface area contributed by atoms with Crippen LogP contribution >= 0.6 is 0 Å². The molecular formula is C13H22N4O3S. The number of nitrogens with zero attached hydrogens (tertiary/aromatic N) is 1. The number of hydrogen-bond acceptors (Lipinski definition) is 6. The number of nitrogens with two attached hydrogens (primary N) is 1. The lowest BCUT2D eigenvalue weighted by Crippen LogP contribution is -2.52. The number of hydrogen-bond donors (Lipinski definition) is 3. The predicted octanol–water partition coefficient (Wildman–Crippen LogP) is 0.0191. The summed E-state index contributed by atoms with van der Waals surface area (Å²) in [5, 5.41) is 3.32. The maximum atomic E-state index is 12.4. The third kappa shape index (κ3) is 3.70. The summed E-state index contributed by atoms with van der Waals surface area (Å²) in [4.78, 5) is 3.92. The molecule has 2 rings (SSSR count). The van der Waals surface area contributed by atoms with Crippen LogP contribution in [0.3, 0.4) is 0 Å². The highest BCUT2D eigenvalue weighted by Gasteiger charge is 2.35. The van der Waals surface area contributed by atoms with Gasteiger partial charge >= 0.3 is 0 Å². The van der Waals surface area contributed by atoms with Crippen LogP contribution in [0.25, 0.3) is 0 Å². The second-order valence-corrected chi connectivity index (χ2v) is 7.20. The molecule has 0 bridgehead atoms. The van der Waals surface area contributed by atoms with Gasteiger partial charge in [0.15, 0.2) is 0 Å². The molecule has 1 fully saturated rings. The van der Waals surface area contributed by atoms with Crippen molar-refractivity contribution < 1.29 is 13.2 Å². The third-order valence-corrected chi connectivity index (χ3v) is 5.09. The van der Waals surface area contributed by atoms with Crippen LogP contribution in [0, 0.1) is 6.92 Å². The lowest BCUT2D eigenvalue weighted by molar-refractivity contribution is 0.122. The van der Waals surface area contributed by atoms with Crippen molar-refractivity contribution in [2.75, 3.05) is 32.5 Å². The van der Waals surface area contributed by atoms with Gasteiger partial charge in [0.2, 0.25) is 10.0 Å². The largest absolute Gasteiger partial charge is 0.383 e. The Labute approximate surface area is 125 Å². The summed E-state index contributed by atoms with van der Waals surface area (Å²) in [5.74, 6) is 0.00766. The number of rotatable bonds is 6. The molecule has 1 aliphatic rings. The molecule has 2 heterocycles. The van der Waals surface area contributed by atoms with Crippen molar-refractivity contribution in [2.45, 2.75) is 30.2 Å². The van der Waals surface area contributed by atoms with Gasteiger partial charge < -0.3 is 15.8 Å². The Morgan fingerprint density at radius 1 is 1.57 bits per heavy atom. The van der Waals surface area contributed by atoms with Gasteiger partial charge in [0.25, 0.3) is 0 Å². The zero-order valence-electron chi connectivity index (χ0n) is 12.3. The summed E-state index contributed by atoms with van der Waals surface area (Å²) in [6, 6.07) is 1.52. The highest BCUT2D eigenvalue weighted by atomic mass is 32.2. The van der Waals surface area contributed by atoms with E-state index in [9.17, 15) is 8.42 Å². The minimum absolute atomic E-state index is 0.00766. The number of ether oxygens (including phenoxy) is 1. The van der Waals surface area contributed by atoms with Gasteiger partial charge in [0, 0.05) is 19.9 Å². The van der Waals surface area contributed by atoms with E-state index in [1.54, 1.807) is 20.2 Å². The van der Waals surface area contributed by atoms with Crippen LogP contribution in [0.15, 0.2) is 17.2 Å². The molecule has 0 radical (unpaired) electrons. The van der Waals surface area contributed by atoms with E-state index in [2.05, 4.69) is 15.0 Å². The van der Waals surface area contributed by atoms with E-state index >= 15 is 0 Å². The number of anilines is 1. The Hall–Kier alpha value is -1.22. The van der Waals surface area contributed by atoms with Gasteiger partial charge in [-0.2, -0.15) is 0 Å². The molecule has 8 heteroatoms. The van der Waals surface area contributed by atoms with E-state index in [-0.39, 0.29) is 22.8 Å². The normalized spacial score (nSPS) is 22.6. The standard InChI is InChI=1S/C13H22N4O3S/c1-10-6-11(12(14)15-7-10)21(18,19)17-8-13(9-20-2)4-3-5-16-13/h6-7,16-17H,3-5,8-9H2,1-2H3,(H2,14,15). The first kappa shape index (κ1) is 16.2. The van der Waals surface area contributed by atoms with Crippen LogP contribution in [0.2, 0.25) is 0 Å². The lowest BCUT2D eigenvalue weighted by Gasteiger charge is -2.28. The van der Waals surface area contributed by atoms with Gasteiger partial charge in [-0.1, -0.05) is 0 Å². The molecule has 4 N–H and O–H groups in total. The molecule has 1 saturated heterocycles. The van der Waals surface area contributed by atoms with Gasteiger partial charge in [-0.15, -0.1) is 0 Å². The number of aryl methyl sites for hydroxylation is 1. The first-order valence-electron chi connectivity index (χ1n) is 6.84. The lowest BCUT2D eigenvalue weighted by atomic mass is 9.99. The van der Waals surface area contributed by atoms with Crippen molar-refractivity contribution >= 4 is 15.8 Å². The summed E-state index contributed by atoms with van der Waals surface area (Å²) in [7, 11) is -2.08. The molecule has 0 saturated carbocycles. The summed E-state index contributed by atoms with van der Waals surface area (Å²) in [5.41, 5.74) is 6.07. The van der Waals surface area contributed by atoms with Crippen LogP contribution in [0.5, 0.6) is 0 Å². The molecule has 0 aliphatic carbocycles. The molecule has 1 unspecified atom stereocenters. The average molecular weight is 314 g/mol. The van der Waals surface area contributed by atoms with Crippen LogP contribution < -0.4 is 15.8 Å². The van der Waals surface area contributed by atoms with Gasteiger partial charge in [0.1, 0.15) is 10.7 Å². The molecular weight excluding hydrogens is 292 g/mol. The van der Waals surface area contributed by atoms with Crippen LogP contribution in [-0.4, -0.2) is 45.7 Å². The number of pyridine rings is 1. The second kappa shape index (κ2) is 6.27. The molecule has 0 aromatic carbocycles. The SMILES string of the molecule is COCC1(CNS(=O)(=O)c2cc(C)cnc2N)CCCN1. The first-order valence-corrected chi connectivity index (χ1v) is 8.33. The van der Waals surface area contributed by atoms with Gasteiger partial charge in [-0.25, -0.2) is 18.1 Å². The highest BCUT2D eigenvalue weighted by Crippen LogP contribution is 2.21. The van der Waals surface area contributed by atoms with Gasteiger partial charge in [0.05, 0.1) is 12.1 Å². The van der Waals surface area contributed by atoms with Crippen molar-refractivity contribution in [1.29, 1.82) is 0 Å². The predicted molar refractivity (Wildman–Crippen MR) is 80.4 cm³/mol. The van der Waals surface area contributed by atoms with Gasteiger partial charge in [-0.05, 0) is 37.9 Å².